The average Bonchev–Trinajstić information content (AvgIpc) is 2.53. The highest BCUT2D eigenvalue weighted by molar-refractivity contribution is 5.74. The van der Waals surface area contributed by atoms with Crippen molar-refractivity contribution in [1.29, 1.82) is 0 Å². The van der Waals surface area contributed by atoms with E-state index in [1.807, 2.05) is 36.4 Å². The second-order valence-electron chi connectivity index (χ2n) is 5.10. The maximum atomic E-state index is 11.7. The van der Waals surface area contributed by atoms with E-state index in [0.717, 1.165) is 41.0 Å². The van der Waals surface area contributed by atoms with Gasteiger partial charge in [-0.25, -0.2) is 0 Å². The van der Waals surface area contributed by atoms with Gasteiger partial charge in [-0.1, -0.05) is 38.1 Å². The maximum Gasteiger partial charge on any atom is 0.310 e. The molecule has 0 saturated heterocycles. The van der Waals surface area contributed by atoms with Crippen LogP contribution in [0, 0.1) is 0 Å². The van der Waals surface area contributed by atoms with Crippen molar-refractivity contribution < 1.29 is 14.3 Å². The molecule has 2 aromatic rings. The normalized spacial score (nSPS) is 12.1. The number of aryl methyl sites for hydroxylation is 1. The van der Waals surface area contributed by atoms with Crippen LogP contribution >= 0.6 is 0 Å². The van der Waals surface area contributed by atoms with E-state index in [9.17, 15) is 4.79 Å². The SMILES string of the molecule is CCC(=O)Oc1c(CC)ccc2c1Cc1ccccc1O2. The van der Waals surface area contributed by atoms with Crippen molar-refractivity contribution in [2.24, 2.45) is 0 Å². The summed E-state index contributed by atoms with van der Waals surface area (Å²) in [6.07, 6.45) is 1.91. The molecule has 0 unspecified atom stereocenters. The minimum absolute atomic E-state index is 0.211. The first-order valence-corrected chi connectivity index (χ1v) is 7.34. The lowest BCUT2D eigenvalue weighted by Gasteiger charge is -2.23. The monoisotopic (exact) mass is 282 g/mol. The molecule has 0 atom stereocenters. The summed E-state index contributed by atoms with van der Waals surface area (Å²) in [5, 5.41) is 0. The first kappa shape index (κ1) is 13.7. The summed E-state index contributed by atoms with van der Waals surface area (Å²) in [5.74, 6) is 2.13. The summed E-state index contributed by atoms with van der Waals surface area (Å²) in [4.78, 5) is 11.7. The number of carbonyl (C=O) groups is 1. The van der Waals surface area contributed by atoms with E-state index in [-0.39, 0.29) is 5.97 Å². The smallest absolute Gasteiger partial charge is 0.310 e. The molecule has 1 heterocycles. The molecule has 1 aliphatic heterocycles. The van der Waals surface area contributed by atoms with E-state index >= 15 is 0 Å². The lowest BCUT2D eigenvalue weighted by molar-refractivity contribution is -0.134. The molecule has 108 valence electrons. The topological polar surface area (TPSA) is 35.5 Å². The molecule has 0 aromatic heterocycles. The summed E-state index contributed by atoms with van der Waals surface area (Å²) in [6, 6.07) is 11.9. The molecule has 0 amide bonds. The number of benzene rings is 2. The minimum Gasteiger partial charge on any atom is -0.457 e. The predicted octanol–water partition coefficient (Wildman–Crippen LogP) is 4.26. The van der Waals surface area contributed by atoms with Crippen LogP contribution in [-0.4, -0.2) is 5.97 Å². The van der Waals surface area contributed by atoms with Gasteiger partial charge in [-0.05, 0) is 29.7 Å². The van der Waals surface area contributed by atoms with Crippen LogP contribution < -0.4 is 9.47 Å². The van der Waals surface area contributed by atoms with Crippen LogP contribution in [0.25, 0.3) is 0 Å². The summed E-state index contributed by atoms with van der Waals surface area (Å²) >= 11 is 0. The van der Waals surface area contributed by atoms with Gasteiger partial charge < -0.3 is 9.47 Å². The van der Waals surface area contributed by atoms with E-state index < -0.39 is 0 Å². The molecule has 0 radical (unpaired) electrons. The molecule has 0 aliphatic carbocycles. The molecule has 0 N–H and O–H groups in total. The quantitative estimate of drug-likeness (QED) is 0.532. The first-order valence-electron chi connectivity index (χ1n) is 7.34. The number of fused-ring (bicyclic) bond motifs is 2. The van der Waals surface area contributed by atoms with Crippen LogP contribution in [0.3, 0.4) is 0 Å². The largest absolute Gasteiger partial charge is 0.457 e. The number of esters is 1. The summed E-state index contributed by atoms with van der Waals surface area (Å²) < 4.78 is 11.5. The van der Waals surface area contributed by atoms with Gasteiger partial charge in [0.1, 0.15) is 17.2 Å². The fraction of sp³-hybridized carbons (Fsp3) is 0.278. The Balaban J connectivity index is 2.07. The third-order valence-corrected chi connectivity index (χ3v) is 3.74. The van der Waals surface area contributed by atoms with Crippen molar-refractivity contribution in [2.45, 2.75) is 33.1 Å². The molecule has 2 aromatic carbocycles. The number of hydrogen-bond donors (Lipinski definition) is 0. The van der Waals surface area contributed by atoms with Gasteiger partial charge in [0.15, 0.2) is 0 Å². The highest BCUT2D eigenvalue weighted by atomic mass is 16.5. The number of carbonyl (C=O) groups excluding carboxylic acids is 1. The Hall–Kier alpha value is -2.29. The van der Waals surface area contributed by atoms with Crippen LogP contribution in [0.4, 0.5) is 0 Å². The zero-order valence-electron chi connectivity index (χ0n) is 12.3. The van der Waals surface area contributed by atoms with E-state index in [2.05, 4.69) is 6.92 Å². The first-order chi connectivity index (χ1) is 10.2. The van der Waals surface area contributed by atoms with Gasteiger partial charge in [0.05, 0.1) is 0 Å². The molecule has 0 bridgehead atoms. The Kier molecular flexibility index (Phi) is 3.65. The standard InChI is InChI=1S/C18H18O3/c1-3-12-9-10-16-14(18(12)21-17(19)4-2)11-13-7-5-6-8-15(13)20-16/h5-10H,3-4,11H2,1-2H3. The summed E-state index contributed by atoms with van der Waals surface area (Å²) in [7, 11) is 0. The molecular formula is C18H18O3. The van der Waals surface area contributed by atoms with Gasteiger partial charge in [0.25, 0.3) is 0 Å². The van der Waals surface area contributed by atoms with Crippen LogP contribution in [0.5, 0.6) is 17.2 Å². The fourth-order valence-electron chi connectivity index (χ4n) is 2.57. The molecular weight excluding hydrogens is 264 g/mol. The molecule has 21 heavy (non-hydrogen) atoms. The third kappa shape index (κ3) is 2.51. The zero-order valence-corrected chi connectivity index (χ0v) is 12.3. The van der Waals surface area contributed by atoms with Gasteiger partial charge in [-0.2, -0.15) is 0 Å². The highest BCUT2D eigenvalue weighted by Gasteiger charge is 2.23. The lowest BCUT2D eigenvalue weighted by atomic mass is 9.96. The van der Waals surface area contributed by atoms with Gasteiger partial charge in [0.2, 0.25) is 0 Å². The van der Waals surface area contributed by atoms with Gasteiger partial charge >= 0.3 is 5.97 Å². The molecule has 0 fully saturated rings. The third-order valence-electron chi connectivity index (χ3n) is 3.74. The van der Waals surface area contributed by atoms with Crippen molar-refractivity contribution in [3.8, 4) is 17.2 Å². The Morgan fingerprint density at radius 3 is 2.71 bits per heavy atom. The summed E-state index contributed by atoms with van der Waals surface area (Å²) in [5.41, 5.74) is 3.13. The van der Waals surface area contributed by atoms with Crippen molar-refractivity contribution in [3.63, 3.8) is 0 Å². The van der Waals surface area contributed by atoms with Crippen molar-refractivity contribution >= 4 is 5.97 Å². The number of rotatable bonds is 3. The Bertz CT molecular complexity index is 689. The van der Waals surface area contributed by atoms with Crippen LogP contribution in [-0.2, 0) is 17.6 Å². The van der Waals surface area contributed by atoms with Crippen LogP contribution in [0.2, 0.25) is 0 Å². The maximum absolute atomic E-state index is 11.7. The van der Waals surface area contributed by atoms with Gasteiger partial charge in [0, 0.05) is 18.4 Å². The molecule has 0 spiro atoms. The average molecular weight is 282 g/mol. The second kappa shape index (κ2) is 5.60. The Morgan fingerprint density at radius 2 is 1.95 bits per heavy atom. The lowest BCUT2D eigenvalue weighted by Crippen LogP contribution is -2.12. The molecule has 1 aliphatic rings. The minimum atomic E-state index is -0.211. The molecule has 0 saturated carbocycles. The van der Waals surface area contributed by atoms with Gasteiger partial charge in [-0.3, -0.25) is 4.79 Å². The van der Waals surface area contributed by atoms with E-state index in [4.69, 9.17) is 9.47 Å². The molecule has 3 nitrogen and oxygen atoms in total. The van der Waals surface area contributed by atoms with Crippen molar-refractivity contribution in [1.82, 2.24) is 0 Å². The zero-order chi connectivity index (χ0) is 14.8. The number of para-hydroxylation sites is 1. The molecule has 3 rings (SSSR count). The number of hydrogen-bond acceptors (Lipinski definition) is 3. The van der Waals surface area contributed by atoms with Crippen LogP contribution in [0.1, 0.15) is 37.0 Å². The second-order valence-corrected chi connectivity index (χ2v) is 5.10. The van der Waals surface area contributed by atoms with Crippen molar-refractivity contribution in [2.75, 3.05) is 0 Å². The van der Waals surface area contributed by atoms with E-state index in [1.54, 1.807) is 6.92 Å². The highest BCUT2D eigenvalue weighted by Crippen LogP contribution is 2.42. The van der Waals surface area contributed by atoms with E-state index in [0.29, 0.717) is 12.2 Å². The Labute approximate surface area is 124 Å². The van der Waals surface area contributed by atoms with Crippen molar-refractivity contribution in [3.05, 3.63) is 53.1 Å². The van der Waals surface area contributed by atoms with E-state index in [1.165, 1.54) is 0 Å². The Morgan fingerprint density at radius 1 is 1.14 bits per heavy atom. The summed E-state index contributed by atoms with van der Waals surface area (Å²) in [6.45, 7) is 3.86. The van der Waals surface area contributed by atoms with Crippen LogP contribution in [0.15, 0.2) is 36.4 Å². The molecule has 3 heteroatoms. The fourth-order valence-corrected chi connectivity index (χ4v) is 2.57. The number of ether oxygens (including phenoxy) is 2. The van der Waals surface area contributed by atoms with Gasteiger partial charge in [-0.15, -0.1) is 0 Å². The predicted molar refractivity (Wildman–Crippen MR) is 81.1 cm³/mol.